The summed E-state index contributed by atoms with van der Waals surface area (Å²) in [7, 11) is 0. The fourth-order valence-corrected chi connectivity index (χ4v) is 3.24. The Labute approximate surface area is 167 Å². The van der Waals surface area contributed by atoms with Gasteiger partial charge in [-0.1, -0.05) is 30.3 Å². The lowest BCUT2D eigenvalue weighted by molar-refractivity contribution is 0.298. The molecule has 0 bridgehead atoms. The van der Waals surface area contributed by atoms with E-state index in [0.717, 1.165) is 34.2 Å². The van der Waals surface area contributed by atoms with Crippen LogP contribution in [0.5, 0.6) is 5.75 Å². The molecule has 2 aromatic carbocycles. The first kappa shape index (κ1) is 17.9. The summed E-state index contributed by atoms with van der Waals surface area (Å²) in [5.41, 5.74) is 6.01. The zero-order valence-electron chi connectivity index (χ0n) is 15.1. The van der Waals surface area contributed by atoms with Gasteiger partial charge in [0, 0.05) is 23.3 Å². The van der Waals surface area contributed by atoms with Gasteiger partial charge < -0.3 is 9.30 Å². The molecule has 0 saturated heterocycles. The molecule has 7 heteroatoms. The van der Waals surface area contributed by atoms with Gasteiger partial charge in [-0.3, -0.25) is 5.43 Å². The first-order valence-electron chi connectivity index (χ1n) is 8.85. The fraction of sp³-hybridized carbons (Fsp3) is 0.0952. The number of anilines is 1. The highest BCUT2D eigenvalue weighted by Crippen LogP contribution is 2.24. The third-order valence-electron chi connectivity index (χ3n) is 4.01. The van der Waals surface area contributed by atoms with E-state index in [4.69, 9.17) is 4.74 Å². The van der Waals surface area contributed by atoms with Crippen LogP contribution in [0.3, 0.4) is 0 Å². The Kier molecular flexibility index (Phi) is 5.74. The molecule has 28 heavy (non-hydrogen) atoms. The Morgan fingerprint density at radius 2 is 1.96 bits per heavy atom. The van der Waals surface area contributed by atoms with Gasteiger partial charge in [0.1, 0.15) is 12.4 Å². The van der Waals surface area contributed by atoms with Crippen LogP contribution >= 0.6 is 11.3 Å². The molecular formula is C21H19N5OS. The number of benzene rings is 2. The predicted octanol–water partition coefficient (Wildman–Crippen LogP) is 4.53. The third-order valence-corrected chi connectivity index (χ3v) is 4.75. The molecule has 140 valence electrons. The zero-order valence-corrected chi connectivity index (χ0v) is 15.9. The minimum atomic E-state index is 0.596. The lowest BCUT2D eigenvalue weighted by Gasteiger charge is -2.06. The van der Waals surface area contributed by atoms with Gasteiger partial charge in [0.05, 0.1) is 24.8 Å². The maximum atomic E-state index is 5.74. The third kappa shape index (κ3) is 4.83. The van der Waals surface area contributed by atoms with Crippen molar-refractivity contribution in [3.8, 4) is 17.0 Å². The van der Waals surface area contributed by atoms with Crippen LogP contribution < -0.4 is 10.2 Å². The summed E-state index contributed by atoms with van der Waals surface area (Å²) in [4.78, 5) is 8.56. The van der Waals surface area contributed by atoms with E-state index >= 15 is 0 Å². The molecule has 0 aliphatic rings. The molecule has 0 unspecified atom stereocenters. The van der Waals surface area contributed by atoms with Gasteiger partial charge >= 0.3 is 0 Å². The highest BCUT2D eigenvalue weighted by Gasteiger charge is 2.02. The lowest BCUT2D eigenvalue weighted by Crippen LogP contribution is -2.06. The number of hydrogen-bond acceptors (Lipinski definition) is 6. The van der Waals surface area contributed by atoms with Gasteiger partial charge in [0.2, 0.25) is 5.13 Å². The van der Waals surface area contributed by atoms with E-state index in [1.807, 2.05) is 70.7 Å². The molecule has 1 N–H and O–H groups in total. The second-order valence-electron chi connectivity index (χ2n) is 5.99. The minimum Gasteiger partial charge on any atom is -0.492 e. The van der Waals surface area contributed by atoms with Gasteiger partial charge in [-0.25, -0.2) is 9.97 Å². The Balaban J connectivity index is 1.27. The summed E-state index contributed by atoms with van der Waals surface area (Å²) in [6, 6.07) is 17.9. The van der Waals surface area contributed by atoms with Crippen molar-refractivity contribution in [1.82, 2.24) is 14.5 Å². The normalized spacial score (nSPS) is 11.0. The molecule has 0 fully saturated rings. The summed E-state index contributed by atoms with van der Waals surface area (Å²) in [6.45, 7) is 1.37. The highest BCUT2D eigenvalue weighted by atomic mass is 32.1. The second kappa shape index (κ2) is 8.96. The Morgan fingerprint density at radius 3 is 2.75 bits per heavy atom. The highest BCUT2D eigenvalue weighted by molar-refractivity contribution is 7.14. The van der Waals surface area contributed by atoms with Crippen molar-refractivity contribution in [2.24, 2.45) is 5.10 Å². The number of rotatable bonds is 8. The van der Waals surface area contributed by atoms with Crippen molar-refractivity contribution < 1.29 is 4.74 Å². The average molecular weight is 389 g/mol. The van der Waals surface area contributed by atoms with Crippen molar-refractivity contribution in [3.05, 3.63) is 84.3 Å². The van der Waals surface area contributed by atoms with Gasteiger partial charge in [0.15, 0.2) is 0 Å². The van der Waals surface area contributed by atoms with Crippen LogP contribution in [-0.4, -0.2) is 27.4 Å². The molecule has 6 nitrogen and oxygen atoms in total. The van der Waals surface area contributed by atoms with Crippen LogP contribution in [0.2, 0.25) is 0 Å². The van der Waals surface area contributed by atoms with E-state index in [9.17, 15) is 0 Å². The molecule has 0 saturated carbocycles. The summed E-state index contributed by atoms with van der Waals surface area (Å²) < 4.78 is 7.72. The molecule has 0 aliphatic heterocycles. The predicted molar refractivity (Wildman–Crippen MR) is 113 cm³/mol. The van der Waals surface area contributed by atoms with Crippen molar-refractivity contribution >= 4 is 22.7 Å². The maximum Gasteiger partial charge on any atom is 0.203 e. The summed E-state index contributed by atoms with van der Waals surface area (Å²) in [5.74, 6) is 0.831. The first-order chi connectivity index (χ1) is 13.9. The SMILES string of the molecule is C(=NNc1nc(-c2ccccc2)cs1)c1ccc(OCCn2ccnc2)cc1. The molecule has 4 rings (SSSR count). The number of nitrogens with one attached hydrogen (secondary N) is 1. The van der Waals surface area contributed by atoms with Crippen LogP contribution in [0.15, 0.2) is 83.8 Å². The van der Waals surface area contributed by atoms with Gasteiger partial charge in [0.25, 0.3) is 0 Å². The molecule has 0 amide bonds. The van der Waals surface area contributed by atoms with Crippen LogP contribution in [-0.2, 0) is 6.54 Å². The van der Waals surface area contributed by atoms with E-state index in [1.54, 1.807) is 18.7 Å². The van der Waals surface area contributed by atoms with E-state index in [-0.39, 0.29) is 0 Å². The summed E-state index contributed by atoms with van der Waals surface area (Å²) >= 11 is 1.53. The van der Waals surface area contributed by atoms with Gasteiger partial charge in [-0.15, -0.1) is 11.3 Å². The standard InChI is InChI=1S/C21H19N5OS/c1-2-4-18(5-3-1)20-15-28-21(24-20)25-23-14-17-6-8-19(9-7-17)27-13-12-26-11-10-22-16-26/h1-11,14-16H,12-13H2,(H,24,25). The van der Waals surface area contributed by atoms with Crippen molar-refractivity contribution in [1.29, 1.82) is 0 Å². The Morgan fingerprint density at radius 1 is 1.11 bits per heavy atom. The molecule has 0 atom stereocenters. The molecule has 0 aliphatic carbocycles. The fourth-order valence-electron chi connectivity index (χ4n) is 2.57. The minimum absolute atomic E-state index is 0.596. The smallest absolute Gasteiger partial charge is 0.203 e. The number of hydrogen-bond donors (Lipinski definition) is 1. The topological polar surface area (TPSA) is 64.3 Å². The Bertz CT molecular complexity index is 1010. The van der Waals surface area contributed by atoms with Crippen molar-refractivity contribution in [2.45, 2.75) is 6.54 Å². The van der Waals surface area contributed by atoms with Crippen LogP contribution in [0.4, 0.5) is 5.13 Å². The lowest BCUT2D eigenvalue weighted by atomic mass is 10.2. The summed E-state index contributed by atoms with van der Waals surface area (Å²) in [6.07, 6.45) is 7.22. The van der Waals surface area contributed by atoms with Crippen molar-refractivity contribution in [3.63, 3.8) is 0 Å². The van der Waals surface area contributed by atoms with E-state index in [0.29, 0.717) is 6.61 Å². The first-order valence-corrected chi connectivity index (χ1v) is 9.73. The number of imidazole rings is 1. The largest absolute Gasteiger partial charge is 0.492 e. The molecule has 0 radical (unpaired) electrons. The number of nitrogens with zero attached hydrogens (tertiary/aromatic N) is 4. The molecule has 4 aromatic rings. The maximum absolute atomic E-state index is 5.74. The number of aromatic nitrogens is 3. The van der Waals surface area contributed by atoms with Gasteiger partial charge in [-0.05, 0) is 29.8 Å². The van der Waals surface area contributed by atoms with Crippen LogP contribution in [0.25, 0.3) is 11.3 Å². The van der Waals surface area contributed by atoms with Crippen LogP contribution in [0, 0.1) is 0 Å². The molecular weight excluding hydrogens is 370 g/mol. The zero-order chi connectivity index (χ0) is 19.0. The number of thiazole rings is 1. The van der Waals surface area contributed by atoms with Crippen molar-refractivity contribution in [2.75, 3.05) is 12.0 Å². The molecule has 2 aromatic heterocycles. The monoisotopic (exact) mass is 389 g/mol. The molecule has 2 heterocycles. The number of ether oxygens (including phenoxy) is 1. The average Bonchev–Trinajstić information content (AvgIpc) is 3.42. The molecule has 0 spiro atoms. The number of hydrazone groups is 1. The van der Waals surface area contributed by atoms with E-state index in [2.05, 4.69) is 20.5 Å². The Hall–Kier alpha value is -3.45. The second-order valence-corrected chi connectivity index (χ2v) is 6.85. The van der Waals surface area contributed by atoms with Crippen LogP contribution in [0.1, 0.15) is 5.56 Å². The van der Waals surface area contributed by atoms with E-state index in [1.165, 1.54) is 11.3 Å². The quantitative estimate of drug-likeness (QED) is 0.355. The van der Waals surface area contributed by atoms with E-state index < -0.39 is 0 Å². The summed E-state index contributed by atoms with van der Waals surface area (Å²) in [5, 5.41) is 7.04. The van der Waals surface area contributed by atoms with Gasteiger partial charge in [-0.2, -0.15) is 5.10 Å².